The van der Waals surface area contributed by atoms with Crippen LogP contribution in [0.25, 0.3) is 28.4 Å². The minimum absolute atomic E-state index is 0.430. The molecule has 0 bridgehead atoms. The molecule has 0 saturated heterocycles. The summed E-state index contributed by atoms with van der Waals surface area (Å²) in [7, 11) is 1.61. The smallest absolute Gasteiger partial charge is 0.248 e. The van der Waals surface area contributed by atoms with Crippen LogP contribution in [0.15, 0.2) is 48.5 Å². The van der Waals surface area contributed by atoms with Crippen molar-refractivity contribution in [2.24, 2.45) is 5.73 Å². The summed E-state index contributed by atoms with van der Waals surface area (Å²) in [5, 5.41) is 9.78. The average Bonchev–Trinajstić information content (AvgIpc) is 3.31. The molecule has 0 spiro atoms. The van der Waals surface area contributed by atoms with Crippen LogP contribution in [-0.2, 0) is 0 Å². The summed E-state index contributed by atoms with van der Waals surface area (Å²) in [6.07, 6.45) is 1.82. The van der Waals surface area contributed by atoms with Crippen molar-refractivity contribution in [1.29, 1.82) is 5.26 Å². The molecule has 0 radical (unpaired) electrons. The van der Waals surface area contributed by atoms with Crippen LogP contribution in [0.5, 0.6) is 5.75 Å². The molecule has 1 amide bonds. The Morgan fingerprint density at radius 2 is 1.94 bits per heavy atom. The van der Waals surface area contributed by atoms with Crippen LogP contribution < -0.4 is 10.5 Å². The second kappa shape index (κ2) is 7.84. The van der Waals surface area contributed by atoms with Crippen LogP contribution in [0.3, 0.4) is 0 Å². The molecule has 154 valence electrons. The summed E-state index contributed by atoms with van der Waals surface area (Å²) in [4.78, 5) is 19.1. The monoisotopic (exact) mass is 411 g/mol. The van der Waals surface area contributed by atoms with Crippen LogP contribution in [0.1, 0.15) is 33.1 Å². The number of benzene rings is 2. The number of nitrogens with one attached hydrogen (secondary N) is 1. The molecular weight excluding hydrogens is 390 g/mol. The van der Waals surface area contributed by atoms with E-state index in [1.165, 1.54) is 0 Å². The molecule has 4 aromatic rings. The van der Waals surface area contributed by atoms with E-state index >= 15 is 0 Å². The molecule has 0 unspecified atom stereocenters. The van der Waals surface area contributed by atoms with Crippen molar-refractivity contribution in [3.05, 3.63) is 76.9 Å². The normalized spacial score (nSPS) is 11.5. The molecule has 0 fully saturated rings. The van der Waals surface area contributed by atoms with Gasteiger partial charge in [-0.3, -0.25) is 4.79 Å². The summed E-state index contributed by atoms with van der Waals surface area (Å²) in [6.45, 7) is 3.98. The third kappa shape index (κ3) is 3.67. The number of H-pyrrole nitrogens is 1. The quantitative estimate of drug-likeness (QED) is 0.481. The molecule has 0 saturated carbocycles. The number of nitrogens with zero attached hydrogens (tertiary/aromatic N) is 3. The van der Waals surface area contributed by atoms with Gasteiger partial charge in [-0.25, -0.2) is 4.98 Å². The zero-order chi connectivity index (χ0) is 22.1. The Morgan fingerprint density at radius 1 is 1.19 bits per heavy atom. The topological polar surface area (TPSA) is 110 Å². The van der Waals surface area contributed by atoms with Gasteiger partial charge in [-0.05, 0) is 68.0 Å². The summed E-state index contributed by atoms with van der Waals surface area (Å²) >= 11 is 0. The van der Waals surface area contributed by atoms with E-state index in [2.05, 4.69) is 20.6 Å². The van der Waals surface area contributed by atoms with Crippen molar-refractivity contribution in [3.63, 3.8) is 0 Å². The third-order valence-corrected chi connectivity index (χ3v) is 5.24. The first-order valence-corrected chi connectivity index (χ1v) is 9.66. The highest BCUT2D eigenvalue weighted by Crippen LogP contribution is 2.26. The number of hydrogen-bond donors (Lipinski definition) is 2. The molecule has 7 nitrogen and oxygen atoms in total. The Hall–Kier alpha value is -4.31. The lowest BCUT2D eigenvalue weighted by Gasteiger charge is -2.10. The number of methoxy groups -OCH3 is 1. The molecule has 3 N–H and O–H groups in total. The number of amides is 1. The predicted octanol–water partition coefficient (Wildman–Crippen LogP) is 4.14. The van der Waals surface area contributed by atoms with Crippen molar-refractivity contribution >= 4 is 28.6 Å². The van der Waals surface area contributed by atoms with Crippen molar-refractivity contribution in [2.45, 2.75) is 13.8 Å². The SMILES string of the molecule is COc1ccc2nc(/C(C#N)=C\c3cc(C)n(-c4ccc(C(N)=O)cc4)c3C)[nH]c2c1. The van der Waals surface area contributed by atoms with Crippen molar-refractivity contribution in [3.8, 4) is 17.5 Å². The number of ether oxygens (including phenoxy) is 1. The highest BCUT2D eigenvalue weighted by atomic mass is 16.5. The Balaban J connectivity index is 1.75. The number of imidazole rings is 1. The fourth-order valence-corrected chi connectivity index (χ4v) is 3.66. The van der Waals surface area contributed by atoms with E-state index in [1.807, 2.05) is 56.3 Å². The molecule has 2 heterocycles. The fourth-order valence-electron chi connectivity index (χ4n) is 3.66. The number of rotatable bonds is 5. The van der Waals surface area contributed by atoms with Gasteiger partial charge >= 0.3 is 0 Å². The molecule has 31 heavy (non-hydrogen) atoms. The van der Waals surface area contributed by atoms with E-state index in [1.54, 1.807) is 19.2 Å². The molecule has 0 atom stereocenters. The zero-order valence-electron chi connectivity index (χ0n) is 17.4. The minimum atomic E-state index is -0.460. The second-order valence-corrected chi connectivity index (χ2v) is 7.21. The number of carbonyl (C=O) groups is 1. The van der Waals surface area contributed by atoms with E-state index in [-0.39, 0.29) is 0 Å². The van der Waals surface area contributed by atoms with Crippen molar-refractivity contribution < 1.29 is 9.53 Å². The number of carbonyl (C=O) groups excluding carboxylic acids is 1. The number of allylic oxidation sites excluding steroid dienone is 1. The van der Waals surface area contributed by atoms with Gasteiger partial charge in [0.15, 0.2) is 0 Å². The molecular formula is C24H21N5O2. The van der Waals surface area contributed by atoms with Gasteiger partial charge in [0.2, 0.25) is 5.91 Å². The van der Waals surface area contributed by atoms with Gasteiger partial charge in [0.05, 0.1) is 23.7 Å². The van der Waals surface area contributed by atoms with Gasteiger partial charge in [0.1, 0.15) is 17.6 Å². The van der Waals surface area contributed by atoms with Gasteiger partial charge < -0.3 is 20.0 Å². The van der Waals surface area contributed by atoms with E-state index in [9.17, 15) is 10.1 Å². The molecule has 2 aromatic carbocycles. The molecule has 2 aromatic heterocycles. The third-order valence-electron chi connectivity index (χ3n) is 5.24. The summed E-state index contributed by atoms with van der Waals surface area (Å²) in [6, 6.07) is 16.9. The van der Waals surface area contributed by atoms with E-state index in [0.717, 1.165) is 39.4 Å². The Morgan fingerprint density at radius 3 is 2.58 bits per heavy atom. The number of nitrogens with two attached hydrogens (primary N) is 1. The maximum atomic E-state index is 11.3. The number of primary amides is 1. The molecule has 0 aliphatic rings. The molecule has 4 rings (SSSR count). The first-order valence-electron chi connectivity index (χ1n) is 9.66. The number of nitriles is 1. The number of aryl methyl sites for hydroxylation is 1. The van der Waals surface area contributed by atoms with Gasteiger partial charge in [0, 0.05) is 28.7 Å². The standard InChI is InChI=1S/C24H21N5O2/c1-14-10-17(15(2)29(14)19-6-4-16(5-7-19)23(26)30)11-18(13-25)24-27-21-9-8-20(31-3)12-22(21)28-24/h4-12H,1-3H3,(H2,26,30)(H,27,28)/b18-11-. The lowest BCUT2D eigenvalue weighted by Crippen LogP contribution is -2.10. The maximum absolute atomic E-state index is 11.3. The van der Waals surface area contributed by atoms with Crippen LogP contribution in [0.4, 0.5) is 0 Å². The number of aromatic amines is 1. The largest absolute Gasteiger partial charge is 0.497 e. The maximum Gasteiger partial charge on any atom is 0.248 e. The van der Waals surface area contributed by atoms with Gasteiger partial charge in [-0.2, -0.15) is 5.26 Å². The molecule has 0 aliphatic heterocycles. The summed E-state index contributed by atoms with van der Waals surface area (Å²) < 4.78 is 7.32. The van der Waals surface area contributed by atoms with Crippen molar-refractivity contribution in [2.75, 3.05) is 7.11 Å². The highest BCUT2D eigenvalue weighted by Gasteiger charge is 2.13. The van der Waals surface area contributed by atoms with Crippen LogP contribution in [0.2, 0.25) is 0 Å². The molecule has 0 aliphatic carbocycles. The fraction of sp³-hybridized carbons (Fsp3) is 0.125. The number of fused-ring (bicyclic) bond motifs is 1. The zero-order valence-corrected chi connectivity index (χ0v) is 17.4. The number of aromatic nitrogens is 3. The van der Waals surface area contributed by atoms with Gasteiger partial charge in [-0.1, -0.05) is 0 Å². The summed E-state index contributed by atoms with van der Waals surface area (Å²) in [5.74, 6) is 0.760. The van der Waals surface area contributed by atoms with Crippen LogP contribution in [0, 0.1) is 25.2 Å². The number of hydrogen-bond acceptors (Lipinski definition) is 4. The second-order valence-electron chi connectivity index (χ2n) is 7.21. The highest BCUT2D eigenvalue weighted by molar-refractivity contribution is 5.93. The summed E-state index contributed by atoms with van der Waals surface area (Å²) in [5.41, 5.74) is 11.6. The van der Waals surface area contributed by atoms with Gasteiger partial charge in [-0.15, -0.1) is 0 Å². The Labute approximate surface area is 179 Å². The minimum Gasteiger partial charge on any atom is -0.497 e. The van der Waals surface area contributed by atoms with Crippen molar-refractivity contribution in [1.82, 2.24) is 14.5 Å². The predicted molar refractivity (Wildman–Crippen MR) is 120 cm³/mol. The lowest BCUT2D eigenvalue weighted by molar-refractivity contribution is 0.100. The van der Waals surface area contributed by atoms with E-state index < -0.39 is 5.91 Å². The van der Waals surface area contributed by atoms with Gasteiger partial charge in [0.25, 0.3) is 0 Å². The molecule has 7 heteroatoms. The average molecular weight is 411 g/mol. The Bertz CT molecular complexity index is 1370. The van der Waals surface area contributed by atoms with E-state index in [4.69, 9.17) is 10.5 Å². The lowest BCUT2D eigenvalue weighted by atomic mass is 10.1. The Kier molecular flexibility index (Phi) is 5.05. The van der Waals surface area contributed by atoms with E-state index in [0.29, 0.717) is 17.0 Å². The first kappa shape index (κ1) is 20.0. The first-order chi connectivity index (χ1) is 14.9. The van der Waals surface area contributed by atoms with Crippen LogP contribution >= 0.6 is 0 Å². The van der Waals surface area contributed by atoms with Crippen LogP contribution in [-0.4, -0.2) is 27.6 Å².